The lowest BCUT2D eigenvalue weighted by Gasteiger charge is -2.37. The molecule has 1 saturated heterocycles. The third kappa shape index (κ3) is 4.46. The summed E-state index contributed by atoms with van der Waals surface area (Å²) in [5, 5.41) is 0. The van der Waals surface area contributed by atoms with Crippen LogP contribution in [0.15, 0.2) is 59.8 Å². The minimum absolute atomic E-state index is 0.0327. The molecular weight excluding hydrogens is 354 g/mol. The Balaban J connectivity index is 1.64. The summed E-state index contributed by atoms with van der Waals surface area (Å²) in [6.07, 6.45) is 2.38. The third-order valence-corrected chi connectivity index (χ3v) is 5.53. The number of hydrogen-bond donors (Lipinski definition) is 1. The molecule has 3 rings (SSSR count). The number of sulfonamides is 1. The zero-order valence-corrected chi connectivity index (χ0v) is 15.2. The summed E-state index contributed by atoms with van der Waals surface area (Å²) in [4.78, 5) is 18.0. The molecule has 0 radical (unpaired) electrons. The Kier molecular flexibility index (Phi) is 5.65. The Bertz CT molecular complexity index is 843. The smallest absolute Gasteiger partial charge is 0.242 e. The fraction of sp³-hybridized carbons (Fsp3) is 0.333. The average Bonchev–Trinajstić information content (AvgIpc) is 2.67. The molecule has 1 amide bonds. The van der Waals surface area contributed by atoms with Crippen LogP contribution in [0.4, 0.5) is 0 Å². The number of rotatable bonds is 5. The summed E-state index contributed by atoms with van der Waals surface area (Å²) >= 11 is 0. The third-order valence-electron chi connectivity index (χ3n) is 4.14. The van der Waals surface area contributed by atoms with Crippen molar-refractivity contribution in [2.24, 2.45) is 0 Å². The Labute approximate surface area is 153 Å². The van der Waals surface area contributed by atoms with Gasteiger partial charge in [0.2, 0.25) is 15.9 Å². The number of amides is 1. The second kappa shape index (κ2) is 7.94. The van der Waals surface area contributed by atoms with Gasteiger partial charge >= 0.3 is 0 Å². The largest absolute Gasteiger partial charge is 0.367 e. The molecule has 8 heteroatoms. The lowest BCUT2D eigenvalue weighted by Crippen LogP contribution is -2.49. The van der Waals surface area contributed by atoms with E-state index >= 15 is 0 Å². The van der Waals surface area contributed by atoms with E-state index in [4.69, 9.17) is 4.74 Å². The number of morpholine rings is 1. The summed E-state index contributed by atoms with van der Waals surface area (Å²) in [6, 6.07) is 12.6. The molecule has 1 N–H and O–H groups in total. The van der Waals surface area contributed by atoms with Crippen molar-refractivity contribution in [1.82, 2.24) is 14.6 Å². The summed E-state index contributed by atoms with van der Waals surface area (Å²) in [6.45, 7) is 2.42. The molecular formula is C18H21N3O4S. The predicted octanol–water partition coefficient (Wildman–Crippen LogP) is 1.35. The first-order chi connectivity index (χ1) is 12.5. The minimum atomic E-state index is -3.76. The van der Waals surface area contributed by atoms with Crippen molar-refractivity contribution >= 4 is 15.9 Å². The van der Waals surface area contributed by atoms with Crippen LogP contribution in [-0.2, 0) is 19.6 Å². The molecule has 7 nitrogen and oxygen atoms in total. The number of ether oxygens (including phenoxy) is 1. The molecule has 138 valence electrons. The Hall–Kier alpha value is -2.29. The van der Waals surface area contributed by atoms with Gasteiger partial charge < -0.3 is 9.64 Å². The quantitative estimate of drug-likeness (QED) is 0.852. The standard InChI is InChI=1S/C18H21N3O4S/c1-14-12-21(13-17(25-14)15-6-3-2-4-7-15)18(22)11-20-26(23,24)16-8-5-9-19-10-16/h2-10,14,17,20H,11-13H2,1H3/t14-,17-/m1/s1. The normalized spacial score (nSPS) is 20.7. The van der Waals surface area contributed by atoms with E-state index in [1.54, 1.807) is 4.90 Å². The Morgan fingerprint density at radius 2 is 2.00 bits per heavy atom. The van der Waals surface area contributed by atoms with Gasteiger partial charge in [0.05, 0.1) is 19.2 Å². The predicted molar refractivity (Wildman–Crippen MR) is 95.7 cm³/mol. The lowest BCUT2D eigenvalue weighted by atomic mass is 10.1. The van der Waals surface area contributed by atoms with Crippen LogP contribution in [-0.4, -0.2) is 49.9 Å². The highest BCUT2D eigenvalue weighted by Crippen LogP contribution is 2.25. The zero-order valence-electron chi connectivity index (χ0n) is 14.4. The highest BCUT2D eigenvalue weighted by molar-refractivity contribution is 7.89. The van der Waals surface area contributed by atoms with E-state index in [-0.39, 0.29) is 29.6 Å². The number of benzene rings is 1. The van der Waals surface area contributed by atoms with E-state index in [0.29, 0.717) is 13.1 Å². The van der Waals surface area contributed by atoms with Crippen LogP contribution in [0.1, 0.15) is 18.6 Å². The molecule has 2 heterocycles. The van der Waals surface area contributed by atoms with Crippen LogP contribution in [0.5, 0.6) is 0 Å². The molecule has 1 aliphatic heterocycles. The molecule has 0 unspecified atom stereocenters. The number of hydrogen-bond acceptors (Lipinski definition) is 5. The SMILES string of the molecule is C[C@@H]1CN(C(=O)CNS(=O)(=O)c2cccnc2)C[C@H](c2ccccc2)O1. The van der Waals surface area contributed by atoms with Gasteiger partial charge in [-0.1, -0.05) is 30.3 Å². The summed E-state index contributed by atoms with van der Waals surface area (Å²) in [5.41, 5.74) is 0.993. The first kappa shape index (κ1) is 18.5. The van der Waals surface area contributed by atoms with Crippen LogP contribution in [0.25, 0.3) is 0 Å². The lowest BCUT2D eigenvalue weighted by molar-refractivity contribution is -0.143. The van der Waals surface area contributed by atoms with Crippen molar-refractivity contribution in [2.45, 2.75) is 24.0 Å². The van der Waals surface area contributed by atoms with Gasteiger partial charge in [0, 0.05) is 18.9 Å². The molecule has 0 spiro atoms. The fourth-order valence-electron chi connectivity index (χ4n) is 2.86. The van der Waals surface area contributed by atoms with Crippen LogP contribution >= 0.6 is 0 Å². The molecule has 26 heavy (non-hydrogen) atoms. The van der Waals surface area contributed by atoms with Gasteiger partial charge in [-0.3, -0.25) is 9.78 Å². The Morgan fingerprint density at radius 3 is 2.69 bits per heavy atom. The highest BCUT2D eigenvalue weighted by atomic mass is 32.2. The van der Waals surface area contributed by atoms with E-state index in [1.807, 2.05) is 37.3 Å². The van der Waals surface area contributed by atoms with Gasteiger partial charge in [0.15, 0.2) is 0 Å². The van der Waals surface area contributed by atoms with Crippen molar-refractivity contribution in [3.8, 4) is 0 Å². The summed E-state index contributed by atoms with van der Waals surface area (Å²) in [5.74, 6) is -0.284. The van der Waals surface area contributed by atoms with Gasteiger partial charge in [-0.15, -0.1) is 0 Å². The number of carbonyl (C=O) groups is 1. The number of nitrogens with one attached hydrogen (secondary N) is 1. The first-order valence-corrected chi connectivity index (χ1v) is 9.82. The zero-order chi connectivity index (χ0) is 18.6. The van der Waals surface area contributed by atoms with Crippen molar-refractivity contribution in [2.75, 3.05) is 19.6 Å². The summed E-state index contributed by atoms with van der Waals surface area (Å²) < 4.78 is 32.7. The minimum Gasteiger partial charge on any atom is -0.367 e. The van der Waals surface area contributed by atoms with Crippen LogP contribution in [0, 0.1) is 0 Å². The summed E-state index contributed by atoms with van der Waals surface area (Å²) in [7, 11) is -3.76. The van der Waals surface area contributed by atoms with Gasteiger partial charge in [-0.2, -0.15) is 0 Å². The molecule has 1 fully saturated rings. The maximum atomic E-state index is 12.5. The van der Waals surface area contributed by atoms with E-state index in [2.05, 4.69) is 9.71 Å². The average molecular weight is 375 g/mol. The molecule has 1 aromatic heterocycles. The van der Waals surface area contributed by atoms with Crippen LogP contribution in [0.2, 0.25) is 0 Å². The van der Waals surface area contributed by atoms with E-state index in [1.165, 1.54) is 24.5 Å². The van der Waals surface area contributed by atoms with Gasteiger partial charge in [-0.05, 0) is 24.6 Å². The fourth-order valence-corrected chi connectivity index (χ4v) is 3.80. The molecule has 0 saturated carbocycles. The number of pyridine rings is 1. The molecule has 2 atom stereocenters. The second-order valence-corrected chi connectivity index (χ2v) is 7.92. The van der Waals surface area contributed by atoms with Crippen molar-refractivity contribution in [3.63, 3.8) is 0 Å². The van der Waals surface area contributed by atoms with Gasteiger partial charge in [0.1, 0.15) is 11.0 Å². The van der Waals surface area contributed by atoms with Gasteiger partial charge in [-0.25, -0.2) is 13.1 Å². The topological polar surface area (TPSA) is 88.6 Å². The number of carbonyl (C=O) groups excluding carboxylic acids is 1. The van der Waals surface area contributed by atoms with Crippen molar-refractivity contribution in [3.05, 3.63) is 60.4 Å². The number of nitrogens with zero attached hydrogens (tertiary/aromatic N) is 2. The molecule has 0 bridgehead atoms. The van der Waals surface area contributed by atoms with Crippen molar-refractivity contribution < 1.29 is 17.9 Å². The maximum Gasteiger partial charge on any atom is 0.242 e. The Morgan fingerprint density at radius 1 is 1.23 bits per heavy atom. The maximum absolute atomic E-state index is 12.5. The molecule has 2 aromatic rings. The van der Waals surface area contributed by atoms with E-state index in [9.17, 15) is 13.2 Å². The van der Waals surface area contributed by atoms with Crippen LogP contribution in [0.3, 0.4) is 0 Å². The second-order valence-electron chi connectivity index (χ2n) is 6.16. The molecule has 1 aliphatic rings. The highest BCUT2D eigenvalue weighted by Gasteiger charge is 2.29. The van der Waals surface area contributed by atoms with Gasteiger partial charge in [0.25, 0.3) is 0 Å². The van der Waals surface area contributed by atoms with Crippen molar-refractivity contribution in [1.29, 1.82) is 0 Å². The van der Waals surface area contributed by atoms with E-state index < -0.39 is 10.0 Å². The first-order valence-electron chi connectivity index (χ1n) is 8.33. The molecule has 1 aromatic carbocycles. The monoisotopic (exact) mass is 375 g/mol. The van der Waals surface area contributed by atoms with E-state index in [0.717, 1.165) is 5.56 Å². The molecule has 0 aliphatic carbocycles. The van der Waals surface area contributed by atoms with Crippen LogP contribution < -0.4 is 4.72 Å². The number of aromatic nitrogens is 1.